The van der Waals surface area contributed by atoms with E-state index < -0.39 is 0 Å². The molecule has 94 valence electrons. The van der Waals surface area contributed by atoms with Crippen LogP contribution in [0.1, 0.15) is 17.2 Å². The number of hydrogen-bond donors (Lipinski definition) is 2. The first-order valence-corrected chi connectivity index (χ1v) is 6.02. The maximum atomic E-state index is 9.08. The summed E-state index contributed by atoms with van der Waals surface area (Å²) in [4.78, 5) is 2.31. The van der Waals surface area contributed by atoms with Gasteiger partial charge in [0.15, 0.2) is 0 Å². The molecule has 0 amide bonds. The molecule has 1 aromatic carbocycles. The number of nitrogens with zero attached hydrogens (tertiary/aromatic N) is 1. The van der Waals surface area contributed by atoms with Gasteiger partial charge in [0.25, 0.3) is 0 Å². The number of anilines is 1. The summed E-state index contributed by atoms with van der Waals surface area (Å²) in [5.41, 5.74) is 9.20. The second kappa shape index (κ2) is 5.49. The Bertz CT molecular complexity index is 376. The van der Waals surface area contributed by atoms with E-state index in [9.17, 15) is 0 Å². The molecule has 17 heavy (non-hydrogen) atoms. The summed E-state index contributed by atoms with van der Waals surface area (Å²) in [7, 11) is 0. The summed E-state index contributed by atoms with van der Waals surface area (Å²) in [6, 6.07) is 5.94. The number of aliphatic hydroxyl groups excluding tert-OH is 1. The SMILES string of the molecule is Cc1cc(N2CCOCC2)ccc1[C@@H](N)CO. The van der Waals surface area contributed by atoms with Gasteiger partial charge >= 0.3 is 0 Å². The van der Waals surface area contributed by atoms with Gasteiger partial charge in [0.05, 0.1) is 25.9 Å². The number of hydrogen-bond acceptors (Lipinski definition) is 4. The molecule has 4 heteroatoms. The normalized spacial score (nSPS) is 18.2. The van der Waals surface area contributed by atoms with Crippen LogP contribution in [0.3, 0.4) is 0 Å². The van der Waals surface area contributed by atoms with Crippen LogP contribution in [0.2, 0.25) is 0 Å². The highest BCUT2D eigenvalue weighted by molar-refractivity contribution is 5.51. The lowest BCUT2D eigenvalue weighted by molar-refractivity contribution is 0.122. The first-order valence-electron chi connectivity index (χ1n) is 6.02. The summed E-state index contributed by atoms with van der Waals surface area (Å²) in [6.45, 7) is 5.47. The molecule has 1 fully saturated rings. The van der Waals surface area contributed by atoms with Crippen LogP contribution < -0.4 is 10.6 Å². The molecule has 1 atom stereocenters. The van der Waals surface area contributed by atoms with Gasteiger partial charge < -0.3 is 20.5 Å². The van der Waals surface area contributed by atoms with Crippen LogP contribution in [-0.4, -0.2) is 38.0 Å². The van der Waals surface area contributed by atoms with Crippen molar-refractivity contribution < 1.29 is 9.84 Å². The minimum atomic E-state index is -0.284. The van der Waals surface area contributed by atoms with Gasteiger partial charge in [-0.1, -0.05) is 6.07 Å². The van der Waals surface area contributed by atoms with E-state index in [0.717, 1.165) is 37.4 Å². The van der Waals surface area contributed by atoms with Gasteiger partial charge in [0, 0.05) is 18.8 Å². The summed E-state index contributed by atoms with van der Waals surface area (Å²) in [5.74, 6) is 0. The Labute approximate surface area is 102 Å². The highest BCUT2D eigenvalue weighted by Crippen LogP contribution is 2.23. The van der Waals surface area contributed by atoms with Crippen molar-refractivity contribution in [1.82, 2.24) is 0 Å². The molecule has 0 bridgehead atoms. The number of aliphatic hydroxyl groups is 1. The van der Waals surface area contributed by atoms with E-state index in [1.54, 1.807) is 0 Å². The Kier molecular flexibility index (Phi) is 3.99. The van der Waals surface area contributed by atoms with Crippen molar-refractivity contribution in [2.75, 3.05) is 37.8 Å². The van der Waals surface area contributed by atoms with E-state index in [1.165, 1.54) is 5.69 Å². The Morgan fingerprint density at radius 3 is 2.71 bits per heavy atom. The second-order valence-corrected chi connectivity index (χ2v) is 4.43. The minimum absolute atomic E-state index is 0.0161. The maximum Gasteiger partial charge on any atom is 0.0642 e. The molecule has 0 aliphatic carbocycles. The monoisotopic (exact) mass is 236 g/mol. The summed E-state index contributed by atoms with van der Waals surface area (Å²) in [6.07, 6.45) is 0. The molecule has 1 saturated heterocycles. The number of rotatable bonds is 3. The van der Waals surface area contributed by atoms with Crippen molar-refractivity contribution in [3.05, 3.63) is 29.3 Å². The first kappa shape index (κ1) is 12.4. The van der Waals surface area contributed by atoms with Crippen LogP contribution >= 0.6 is 0 Å². The van der Waals surface area contributed by atoms with Crippen molar-refractivity contribution in [3.63, 3.8) is 0 Å². The fourth-order valence-electron chi connectivity index (χ4n) is 2.19. The molecule has 0 spiro atoms. The number of nitrogens with two attached hydrogens (primary N) is 1. The van der Waals surface area contributed by atoms with Gasteiger partial charge in [-0.25, -0.2) is 0 Å². The van der Waals surface area contributed by atoms with Crippen LogP contribution in [0.15, 0.2) is 18.2 Å². The third-order valence-electron chi connectivity index (χ3n) is 3.23. The van der Waals surface area contributed by atoms with Gasteiger partial charge in [-0.15, -0.1) is 0 Å². The van der Waals surface area contributed by atoms with Gasteiger partial charge in [0.2, 0.25) is 0 Å². The Balaban J connectivity index is 2.17. The number of ether oxygens (including phenoxy) is 1. The van der Waals surface area contributed by atoms with Crippen LogP contribution in [0.4, 0.5) is 5.69 Å². The van der Waals surface area contributed by atoms with E-state index >= 15 is 0 Å². The predicted molar refractivity (Wildman–Crippen MR) is 68.2 cm³/mol. The van der Waals surface area contributed by atoms with Crippen LogP contribution in [-0.2, 0) is 4.74 Å². The first-order chi connectivity index (χ1) is 8.22. The van der Waals surface area contributed by atoms with E-state index in [2.05, 4.69) is 17.0 Å². The molecular weight excluding hydrogens is 216 g/mol. The van der Waals surface area contributed by atoms with Crippen molar-refractivity contribution in [2.45, 2.75) is 13.0 Å². The molecule has 1 heterocycles. The molecule has 1 aliphatic rings. The van der Waals surface area contributed by atoms with E-state index in [1.807, 2.05) is 13.0 Å². The minimum Gasteiger partial charge on any atom is -0.394 e. The van der Waals surface area contributed by atoms with E-state index in [0.29, 0.717) is 0 Å². The number of aryl methyl sites for hydroxylation is 1. The zero-order chi connectivity index (χ0) is 12.3. The average Bonchev–Trinajstić information content (AvgIpc) is 2.39. The fraction of sp³-hybridized carbons (Fsp3) is 0.538. The molecule has 0 radical (unpaired) electrons. The molecule has 0 aromatic heterocycles. The third-order valence-corrected chi connectivity index (χ3v) is 3.23. The van der Waals surface area contributed by atoms with Crippen LogP contribution in [0.5, 0.6) is 0 Å². The number of morpholine rings is 1. The van der Waals surface area contributed by atoms with Crippen molar-refractivity contribution in [2.24, 2.45) is 5.73 Å². The molecule has 2 rings (SSSR count). The largest absolute Gasteiger partial charge is 0.394 e. The van der Waals surface area contributed by atoms with Gasteiger partial charge in [-0.3, -0.25) is 0 Å². The summed E-state index contributed by atoms with van der Waals surface area (Å²) in [5, 5.41) is 9.08. The highest BCUT2D eigenvalue weighted by Gasteiger charge is 2.13. The zero-order valence-corrected chi connectivity index (χ0v) is 10.2. The van der Waals surface area contributed by atoms with Crippen molar-refractivity contribution >= 4 is 5.69 Å². The lowest BCUT2D eigenvalue weighted by atomic mass is 10.0. The maximum absolute atomic E-state index is 9.08. The van der Waals surface area contributed by atoms with E-state index in [4.69, 9.17) is 15.6 Å². The fourth-order valence-corrected chi connectivity index (χ4v) is 2.19. The molecular formula is C13H20N2O2. The highest BCUT2D eigenvalue weighted by atomic mass is 16.5. The lowest BCUT2D eigenvalue weighted by Gasteiger charge is -2.29. The predicted octanol–water partition coefficient (Wildman–Crippen LogP) is 0.824. The lowest BCUT2D eigenvalue weighted by Crippen LogP contribution is -2.36. The third kappa shape index (κ3) is 2.77. The van der Waals surface area contributed by atoms with E-state index in [-0.39, 0.29) is 12.6 Å². The molecule has 4 nitrogen and oxygen atoms in total. The average molecular weight is 236 g/mol. The second-order valence-electron chi connectivity index (χ2n) is 4.43. The molecule has 0 saturated carbocycles. The van der Waals surface area contributed by atoms with Crippen molar-refractivity contribution in [1.29, 1.82) is 0 Å². The summed E-state index contributed by atoms with van der Waals surface area (Å²) < 4.78 is 5.34. The van der Waals surface area contributed by atoms with Crippen LogP contribution in [0.25, 0.3) is 0 Å². The van der Waals surface area contributed by atoms with Crippen molar-refractivity contribution in [3.8, 4) is 0 Å². The Hall–Kier alpha value is -1.10. The van der Waals surface area contributed by atoms with Gasteiger partial charge in [0.1, 0.15) is 0 Å². The standard InChI is InChI=1S/C13H20N2O2/c1-10-8-11(15-4-6-17-7-5-15)2-3-12(10)13(14)9-16/h2-3,8,13,16H,4-7,9,14H2,1H3/t13-/m0/s1. The molecule has 0 unspecified atom stereocenters. The smallest absolute Gasteiger partial charge is 0.0642 e. The summed E-state index contributed by atoms with van der Waals surface area (Å²) >= 11 is 0. The molecule has 3 N–H and O–H groups in total. The number of benzene rings is 1. The topological polar surface area (TPSA) is 58.7 Å². The zero-order valence-electron chi connectivity index (χ0n) is 10.2. The Morgan fingerprint density at radius 1 is 1.41 bits per heavy atom. The Morgan fingerprint density at radius 2 is 2.12 bits per heavy atom. The molecule has 1 aliphatic heterocycles. The van der Waals surface area contributed by atoms with Gasteiger partial charge in [-0.2, -0.15) is 0 Å². The van der Waals surface area contributed by atoms with Gasteiger partial charge in [-0.05, 0) is 30.2 Å². The quantitative estimate of drug-likeness (QED) is 0.816. The molecule has 1 aromatic rings. The van der Waals surface area contributed by atoms with Crippen LogP contribution in [0, 0.1) is 6.92 Å².